The highest BCUT2D eigenvalue weighted by molar-refractivity contribution is 5.93. The summed E-state index contributed by atoms with van der Waals surface area (Å²) in [4.78, 5) is 16.1. The van der Waals surface area contributed by atoms with Crippen molar-refractivity contribution in [3.8, 4) is 0 Å². The first-order valence-electron chi connectivity index (χ1n) is 6.80. The van der Waals surface area contributed by atoms with Gasteiger partial charge in [-0.15, -0.1) is 0 Å². The molecular weight excluding hydrogens is 256 g/mol. The number of likely N-dealkylation sites (tertiary alicyclic amines) is 1. The van der Waals surface area contributed by atoms with E-state index < -0.39 is 0 Å². The molecule has 0 saturated carbocycles. The summed E-state index contributed by atoms with van der Waals surface area (Å²) < 4.78 is 0. The molecule has 6 heteroatoms. The van der Waals surface area contributed by atoms with Gasteiger partial charge < -0.3 is 15.8 Å². The quantitative estimate of drug-likeness (QED) is 0.381. The first-order valence-corrected chi connectivity index (χ1v) is 6.80. The third-order valence-electron chi connectivity index (χ3n) is 3.40. The van der Waals surface area contributed by atoms with Crippen LogP contribution in [0.15, 0.2) is 35.5 Å². The summed E-state index contributed by atoms with van der Waals surface area (Å²) in [6, 6.07) is 9.46. The van der Waals surface area contributed by atoms with Crippen LogP contribution < -0.4 is 10.6 Å². The Kier molecular flexibility index (Phi) is 4.81. The number of carbonyl (C=O) groups is 1. The molecule has 0 bridgehead atoms. The number of para-hydroxylation sites is 1. The molecule has 0 unspecified atom stereocenters. The average Bonchev–Trinajstić information content (AvgIpc) is 3.02. The van der Waals surface area contributed by atoms with Gasteiger partial charge in [-0.3, -0.25) is 4.90 Å². The fourth-order valence-corrected chi connectivity index (χ4v) is 2.30. The molecular formula is C14H20N4O2. The smallest absolute Gasteiger partial charge is 0.324 e. The number of amides is 2. The van der Waals surface area contributed by atoms with E-state index in [2.05, 4.69) is 5.16 Å². The summed E-state index contributed by atoms with van der Waals surface area (Å²) in [5, 5.41) is 11.6. The zero-order chi connectivity index (χ0) is 14.4. The van der Waals surface area contributed by atoms with Gasteiger partial charge in [0.05, 0.1) is 0 Å². The standard InChI is InChI=1S/C14H20N4O2/c15-13(16-20)8-11-18(12-6-2-1-3-7-12)14(19)17-9-4-5-10-17/h1-3,6-7,20H,4-5,8-11H2,(H2,15,16). The normalized spacial score (nSPS) is 15.4. The number of hydrogen-bond acceptors (Lipinski definition) is 3. The number of nitrogens with zero attached hydrogens (tertiary/aromatic N) is 3. The molecule has 1 heterocycles. The van der Waals surface area contributed by atoms with Crippen molar-refractivity contribution in [1.82, 2.24) is 4.90 Å². The van der Waals surface area contributed by atoms with E-state index in [0.717, 1.165) is 31.6 Å². The van der Waals surface area contributed by atoms with Gasteiger partial charge in [-0.05, 0) is 25.0 Å². The molecule has 0 radical (unpaired) electrons. The highest BCUT2D eigenvalue weighted by Crippen LogP contribution is 2.18. The number of oxime groups is 1. The number of benzene rings is 1. The van der Waals surface area contributed by atoms with Crippen LogP contribution in [-0.4, -0.2) is 41.6 Å². The minimum absolute atomic E-state index is 0.0144. The van der Waals surface area contributed by atoms with Gasteiger partial charge in [0.15, 0.2) is 0 Å². The van der Waals surface area contributed by atoms with Gasteiger partial charge in [0, 0.05) is 31.7 Å². The molecule has 1 saturated heterocycles. The van der Waals surface area contributed by atoms with Crippen molar-refractivity contribution in [3.05, 3.63) is 30.3 Å². The summed E-state index contributed by atoms with van der Waals surface area (Å²) in [7, 11) is 0. The molecule has 0 aliphatic carbocycles. The van der Waals surface area contributed by atoms with Crippen LogP contribution in [0.2, 0.25) is 0 Å². The van der Waals surface area contributed by atoms with Gasteiger partial charge in [0.25, 0.3) is 0 Å². The van der Waals surface area contributed by atoms with Crippen LogP contribution in [0.4, 0.5) is 10.5 Å². The predicted molar refractivity (Wildman–Crippen MR) is 78.0 cm³/mol. The fraction of sp³-hybridized carbons (Fsp3) is 0.429. The zero-order valence-corrected chi connectivity index (χ0v) is 11.4. The van der Waals surface area contributed by atoms with E-state index in [0.29, 0.717) is 13.0 Å². The van der Waals surface area contributed by atoms with Gasteiger partial charge in [-0.1, -0.05) is 23.4 Å². The van der Waals surface area contributed by atoms with Crippen LogP contribution in [0.1, 0.15) is 19.3 Å². The van der Waals surface area contributed by atoms with Crippen molar-refractivity contribution in [1.29, 1.82) is 0 Å². The minimum Gasteiger partial charge on any atom is -0.409 e. The van der Waals surface area contributed by atoms with Crippen molar-refractivity contribution < 1.29 is 10.0 Å². The van der Waals surface area contributed by atoms with Crippen LogP contribution >= 0.6 is 0 Å². The summed E-state index contributed by atoms with van der Waals surface area (Å²) >= 11 is 0. The largest absolute Gasteiger partial charge is 0.409 e. The van der Waals surface area contributed by atoms with E-state index >= 15 is 0 Å². The SMILES string of the molecule is NC(CCN(C(=O)N1CCCC1)c1ccccc1)=NO. The third kappa shape index (κ3) is 3.40. The van der Waals surface area contributed by atoms with E-state index in [1.54, 1.807) is 4.90 Å². The van der Waals surface area contributed by atoms with E-state index in [-0.39, 0.29) is 11.9 Å². The maximum absolute atomic E-state index is 12.6. The summed E-state index contributed by atoms with van der Waals surface area (Å²) in [5.41, 5.74) is 6.33. The highest BCUT2D eigenvalue weighted by Gasteiger charge is 2.24. The molecule has 108 valence electrons. The van der Waals surface area contributed by atoms with Crippen molar-refractivity contribution in [2.45, 2.75) is 19.3 Å². The molecule has 0 aromatic heterocycles. The van der Waals surface area contributed by atoms with Crippen molar-refractivity contribution >= 4 is 17.6 Å². The van der Waals surface area contributed by atoms with Crippen molar-refractivity contribution in [2.24, 2.45) is 10.9 Å². The van der Waals surface area contributed by atoms with Crippen molar-refractivity contribution in [2.75, 3.05) is 24.5 Å². The Morgan fingerprint density at radius 3 is 2.55 bits per heavy atom. The molecule has 2 rings (SSSR count). The summed E-state index contributed by atoms with van der Waals surface area (Å²) in [5.74, 6) is 0.125. The third-order valence-corrected chi connectivity index (χ3v) is 3.40. The molecule has 2 amide bonds. The monoisotopic (exact) mass is 276 g/mol. The van der Waals surface area contributed by atoms with Gasteiger partial charge >= 0.3 is 6.03 Å². The Morgan fingerprint density at radius 2 is 1.95 bits per heavy atom. The molecule has 1 aromatic rings. The zero-order valence-electron chi connectivity index (χ0n) is 11.4. The van der Waals surface area contributed by atoms with E-state index in [1.807, 2.05) is 35.2 Å². The summed E-state index contributed by atoms with van der Waals surface area (Å²) in [6.07, 6.45) is 2.44. The average molecular weight is 276 g/mol. The lowest BCUT2D eigenvalue weighted by atomic mass is 10.2. The number of amidine groups is 1. The van der Waals surface area contributed by atoms with Crippen LogP contribution in [0, 0.1) is 0 Å². The lowest BCUT2D eigenvalue weighted by Gasteiger charge is -2.28. The topological polar surface area (TPSA) is 82.2 Å². The molecule has 0 atom stereocenters. The molecule has 6 nitrogen and oxygen atoms in total. The van der Waals surface area contributed by atoms with E-state index in [1.165, 1.54) is 0 Å². The minimum atomic E-state index is -0.0144. The second-order valence-corrected chi connectivity index (χ2v) is 4.81. The Balaban J connectivity index is 2.13. The number of carbonyl (C=O) groups excluding carboxylic acids is 1. The van der Waals surface area contributed by atoms with E-state index in [4.69, 9.17) is 10.9 Å². The Labute approximate surface area is 118 Å². The van der Waals surface area contributed by atoms with Crippen LogP contribution in [0.3, 0.4) is 0 Å². The number of rotatable bonds is 4. The highest BCUT2D eigenvalue weighted by atomic mass is 16.4. The molecule has 0 spiro atoms. The maximum Gasteiger partial charge on any atom is 0.324 e. The first kappa shape index (κ1) is 14.2. The Hall–Kier alpha value is -2.24. The van der Waals surface area contributed by atoms with Crippen molar-refractivity contribution in [3.63, 3.8) is 0 Å². The molecule has 1 fully saturated rings. The summed E-state index contributed by atoms with van der Waals surface area (Å²) in [6.45, 7) is 1.99. The molecule has 1 aliphatic rings. The van der Waals surface area contributed by atoms with Gasteiger partial charge in [0.1, 0.15) is 5.84 Å². The molecule has 3 N–H and O–H groups in total. The Morgan fingerprint density at radius 1 is 1.30 bits per heavy atom. The van der Waals surface area contributed by atoms with Crippen LogP contribution in [-0.2, 0) is 0 Å². The maximum atomic E-state index is 12.6. The van der Waals surface area contributed by atoms with E-state index in [9.17, 15) is 4.79 Å². The number of urea groups is 1. The van der Waals surface area contributed by atoms with Crippen LogP contribution in [0.5, 0.6) is 0 Å². The second-order valence-electron chi connectivity index (χ2n) is 4.81. The predicted octanol–water partition coefficient (Wildman–Crippen LogP) is 1.85. The Bertz CT molecular complexity index is 469. The first-order chi connectivity index (χ1) is 9.72. The lowest BCUT2D eigenvalue weighted by Crippen LogP contribution is -2.43. The lowest BCUT2D eigenvalue weighted by molar-refractivity contribution is 0.215. The van der Waals surface area contributed by atoms with Crippen LogP contribution in [0.25, 0.3) is 0 Å². The second kappa shape index (κ2) is 6.79. The fourth-order valence-electron chi connectivity index (χ4n) is 2.30. The number of hydrogen-bond donors (Lipinski definition) is 2. The molecule has 1 aromatic carbocycles. The van der Waals surface area contributed by atoms with Gasteiger partial charge in [-0.25, -0.2) is 4.79 Å². The molecule has 20 heavy (non-hydrogen) atoms. The molecule has 1 aliphatic heterocycles. The van der Waals surface area contributed by atoms with Gasteiger partial charge in [-0.2, -0.15) is 0 Å². The van der Waals surface area contributed by atoms with Gasteiger partial charge in [0.2, 0.25) is 0 Å². The number of nitrogens with two attached hydrogens (primary N) is 1. The number of anilines is 1.